The predicted molar refractivity (Wildman–Crippen MR) is 80.9 cm³/mol. The van der Waals surface area contributed by atoms with Gasteiger partial charge in [-0.15, -0.1) is 0 Å². The number of nitrogens with zero attached hydrogens (tertiary/aromatic N) is 1. The second-order valence-corrected chi connectivity index (χ2v) is 5.33. The van der Waals surface area contributed by atoms with Crippen molar-refractivity contribution >= 4 is 29.0 Å². The van der Waals surface area contributed by atoms with E-state index in [0.717, 1.165) is 17.7 Å². The number of nitrogens with one attached hydrogen (secondary N) is 2. The highest BCUT2D eigenvalue weighted by atomic mass is 35.5. The SMILES string of the molecule is C/C(CC(C)C)=N/NC(=O)Nc1cccc(Cl)c1C. The molecule has 0 aliphatic heterocycles. The first-order chi connectivity index (χ1) is 8.90. The lowest BCUT2D eigenvalue weighted by Crippen LogP contribution is -2.25. The fourth-order valence-electron chi connectivity index (χ4n) is 1.68. The standard InChI is InChI=1S/C14H20ClN3O/c1-9(2)8-10(3)17-18-14(19)16-13-7-5-6-12(15)11(13)4/h5-7,9H,8H2,1-4H3,(H2,16,18,19)/b17-10-. The zero-order valence-corrected chi connectivity index (χ0v) is 12.5. The van der Waals surface area contributed by atoms with Gasteiger partial charge in [0.05, 0.1) is 0 Å². The summed E-state index contributed by atoms with van der Waals surface area (Å²) in [5.74, 6) is 0.517. The Bertz CT molecular complexity index is 484. The molecule has 0 radical (unpaired) electrons. The average molecular weight is 282 g/mol. The van der Waals surface area contributed by atoms with Crippen LogP contribution in [-0.4, -0.2) is 11.7 Å². The normalized spacial score (nSPS) is 11.6. The number of carbonyl (C=O) groups excluding carboxylic acids is 1. The quantitative estimate of drug-likeness (QED) is 0.631. The van der Waals surface area contributed by atoms with E-state index < -0.39 is 0 Å². The van der Waals surface area contributed by atoms with Gasteiger partial charge in [0.1, 0.15) is 0 Å². The maximum Gasteiger partial charge on any atom is 0.339 e. The molecule has 1 aromatic rings. The van der Waals surface area contributed by atoms with Crippen molar-refractivity contribution in [1.29, 1.82) is 0 Å². The Labute approximate surface area is 119 Å². The van der Waals surface area contributed by atoms with E-state index in [9.17, 15) is 4.79 Å². The maximum atomic E-state index is 11.7. The third-order valence-electron chi connectivity index (χ3n) is 2.57. The van der Waals surface area contributed by atoms with Crippen LogP contribution in [-0.2, 0) is 0 Å². The number of rotatable bonds is 4. The zero-order chi connectivity index (χ0) is 14.4. The highest BCUT2D eigenvalue weighted by Gasteiger charge is 2.06. The molecule has 0 heterocycles. The molecule has 0 saturated carbocycles. The van der Waals surface area contributed by atoms with E-state index >= 15 is 0 Å². The van der Waals surface area contributed by atoms with Crippen LogP contribution in [0.3, 0.4) is 0 Å². The average Bonchev–Trinajstić information content (AvgIpc) is 2.32. The molecular weight excluding hydrogens is 262 g/mol. The smallest absolute Gasteiger partial charge is 0.306 e. The van der Waals surface area contributed by atoms with Gasteiger partial charge in [-0.3, -0.25) is 0 Å². The van der Waals surface area contributed by atoms with Gasteiger partial charge < -0.3 is 5.32 Å². The topological polar surface area (TPSA) is 53.5 Å². The Morgan fingerprint density at radius 2 is 2.11 bits per heavy atom. The van der Waals surface area contributed by atoms with Crippen molar-refractivity contribution in [1.82, 2.24) is 5.43 Å². The zero-order valence-electron chi connectivity index (χ0n) is 11.7. The van der Waals surface area contributed by atoms with E-state index in [1.54, 1.807) is 18.2 Å². The van der Waals surface area contributed by atoms with Crippen molar-refractivity contribution in [2.45, 2.75) is 34.1 Å². The second-order valence-electron chi connectivity index (χ2n) is 4.92. The number of urea groups is 1. The van der Waals surface area contributed by atoms with Crippen LogP contribution in [0, 0.1) is 12.8 Å². The summed E-state index contributed by atoms with van der Waals surface area (Å²) >= 11 is 5.98. The largest absolute Gasteiger partial charge is 0.339 e. The Morgan fingerprint density at radius 3 is 2.74 bits per heavy atom. The van der Waals surface area contributed by atoms with Crippen molar-refractivity contribution in [3.63, 3.8) is 0 Å². The molecule has 104 valence electrons. The molecule has 0 aliphatic carbocycles. The highest BCUT2D eigenvalue weighted by Crippen LogP contribution is 2.22. The first-order valence-corrected chi connectivity index (χ1v) is 6.63. The molecule has 5 heteroatoms. The van der Waals surface area contributed by atoms with Gasteiger partial charge in [-0.25, -0.2) is 10.2 Å². The molecule has 0 spiro atoms. The number of carbonyl (C=O) groups is 1. The Morgan fingerprint density at radius 1 is 1.42 bits per heavy atom. The molecule has 1 aromatic carbocycles. The first-order valence-electron chi connectivity index (χ1n) is 6.25. The molecule has 0 aliphatic rings. The molecule has 0 fully saturated rings. The third-order valence-corrected chi connectivity index (χ3v) is 2.98. The summed E-state index contributed by atoms with van der Waals surface area (Å²) in [5, 5.41) is 7.37. The van der Waals surface area contributed by atoms with E-state index in [2.05, 4.69) is 29.7 Å². The molecule has 2 N–H and O–H groups in total. The molecule has 1 rings (SSSR count). The molecule has 0 atom stereocenters. The van der Waals surface area contributed by atoms with Crippen LogP contribution in [0.15, 0.2) is 23.3 Å². The van der Waals surface area contributed by atoms with Crippen LogP contribution in [0.4, 0.5) is 10.5 Å². The van der Waals surface area contributed by atoms with Crippen LogP contribution < -0.4 is 10.7 Å². The van der Waals surface area contributed by atoms with Gasteiger partial charge in [-0.2, -0.15) is 5.10 Å². The van der Waals surface area contributed by atoms with E-state index in [1.165, 1.54) is 0 Å². The van der Waals surface area contributed by atoms with E-state index in [0.29, 0.717) is 16.6 Å². The van der Waals surface area contributed by atoms with Crippen LogP contribution in [0.25, 0.3) is 0 Å². The number of anilines is 1. The van der Waals surface area contributed by atoms with Gasteiger partial charge in [-0.05, 0) is 43.9 Å². The van der Waals surface area contributed by atoms with Gasteiger partial charge in [0.2, 0.25) is 0 Å². The summed E-state index contributed by atoms with van der Waals surface area (Å²) in [4.78, 5) is 11.7. The van der Waals surface area contributed by atoms with Gasteiger partial charge in [0.15, 0.2) is 0 Å². The van der Waals surface area contributed by atoms with E-state index in [1.807, 2.05) is 13.8 Å². The lowest BCUT2D eigenvalue weighted by Gasteiger charge is -2.09. The van der Waals surface area contributed by atoms with Gasteiger partial charge in [0, 0.05) is 16.4 Å². The number of benzene rings is 1. The van der Waals surface area contributed by atoms with Crippen molar-refractivity contribution in [2.75, 3.05) is 5.32 Å². The fraction of sp³-hybridized carbons (Fsp3) is 0.429. The predicted octanol–water partition coefficient (Wildman–Crippen LogP) is 4.19. The van der Waals surface area contributed by atoms with Crippen LogP contribution in [0.5, 0.6) is 0 Å². The lowest BCUT2D eigenvalue weighted by atomic mass is 10.1. The molecule has 19 heavy (non-hydrogen) atoms. The molecule has 0 unspecified atom stereocenters. The van der Waals surface area contributed by atoms with Crippen molar-refractivity contribution in [3.8, 4) is 0 Å². The van der Waals surface area contributed by atoms with Gasteiger partial charge >= 0.3 is 6.03 Å². The van der Waals surface area contributed by atoms with Crippen LogP contribution >= 0.6 is 11.6 Å². The second kappa shape index (κ2) is 7.14. The summed E-state index contributed by atoms with van der Waals surface area (Å²) in [5.41, 5.74) is 4.89. The Balaban J connectivity index is 2.59. The lowest BCUT2D eigenvalue weighted by molar-refractivity contribution is 0.252. The molecular formula is C14H20ClN3O. The van der Waals surface area contributed by atoms with E-state index in [4.69, 9.17) is 11.6 Å². The molecule has 2 amide bonds. The van der Waals surface area contributed by atoms with Gasteiger partial charge in [-0.1, -0.05) is 31.5 Å². The monoisotopic (exact) mass is 281 g/mol. The van der Waals surface area contributed by atoms with Crippen molar-refractivity contribution in [3.05, 3.63) is 28.8 Å². The van der Waals surface area contributed by atoms with E-state index in [-0.39, 0.29) is 6.03 Å². The number of halogens is 1. The number of hydrazone groups is 1. The summed E-state index contributed by atoms with van der Waals surface area (Å²) in [6, 6.07) is 5.00. The van der Waals surface area contributed by atoms with Gasteiger partial charge in [0.25, 0.3) is 0 Å². The summed E-state index contributed by atoms with van der Waals surface area (Å²) in [7, 11) is 0. The number of hydrogen-bond donors (Lipinski definition) is 2. The molecule has 0 bridgehead atoms. The first kappa shape index (κ1) is 15.5. The number of amides is 2. The summed E-state index contributed by atoms with van der Waals surface area (Å²) < 4.78 is 0. The molecule has 0 saturated heterocycles. The summed E-state index contributed by atoms with van der Waals surface area (Å²) in [6.45, 7) is 7.96. The summed E-state index contributed by atoms with van der Waals surface area (Å²) in [6.07, 6.45) is 0.858. The van der Waals surface area contributed by atoms with Crippen LogP contribution in [0.2, 0.25) is 5.02 Å². The highest BCUT2D eigenvalue weighted by molar-refractivity contribution is 6.31. The third kappa shape index (κ3) is 5.30. The fourth-order valence-corrected chi connectivity index (χ4v) is 1.85. The van der Waals surface area contributed by atoms with Crippen molar-refractivity contribution in [2.24, 2.45) is 11.0 Å². The van der Waals surface area contributed by atoms with Crippen LogP contribution in [0.1, 0.15) is 32.8 Å². The number of hydrogen-bond acceptors (Lipinski definition) is 2. The van der Waals surface area contributed by atoms with Crippen molar-refractivity contribution < 1.29 is 4.79 Å². The minimum atomic E-state index is -0.367. The molecule has 0 aromatic heterocycles. The Kier molecular flexibility index (Phi) is 5.83. The molecule has 4 nitrogen and oxygen atoms in total. The Hall–Kier alpha value is -1.55. The minimum absolute atomic E-state index is 0.367. The minimum Gasteiger partial charge on any atom is -0.306 e. The maximum absolute atomic E-state index is 11.7.